The van der Waals surface area contributed by atoms with E-state index in [2.05, 4.69) is 20.7 Å². The molecule has 252 valence electrons. The molecule has 1 aliphatic heterocycles. The summed E-state index contributed by atoms with van der Waals surface area (Å²) in [5.74, 6) is -2.16. The van der Waals surface area contributed by atoms with Gasteiger partial charge in [-0.1, -0.05) is 32.4 Å². The summed E-state index contributed by atoms with van der Waals surface area (Å²) in [6, 6.07) is 5.79. The van der Waals surface area contributed by atoms with Crippen molar-refractivity contribution < 1.29 is 43.0 Å². The minimum absolute atomic E-state index is 0.000937. The second-order valence-corrected chi connectivity index (χ2v) is 11.1. The molecule has 15 nitrogen and oxygen atoms in total. The average molecular weight is 645 g/mol. The van der Waals surface area contributed by atoms with E-state index in [0.717, 1.165) is 4.90 Å². The number of anilines is 1. The predicted octanol–water partition coefficient (Wildman–Crippen LogP) is 1.63. The first-order chi connectivity index (χ1) is 21.8. The number of amides is 7. The summed E-state index contributed by atoms with van der Waals surface area (Å²) in [5, 5.41) is 7.95. The summed E-state index contributed by atoms with van der Waals surface area (Å²) in [6.07, 6.45) is 3.30. The van der Waals surface area contributed by atoms with Crippen molar-refractivity contribution in [2.45, 2.75) is 52.2 Å². The molecule has 46 heavy (non-hydrogen) atoms. The van der Waals surface area contributed by atoms with Crippen LogP contribution in [-0.4, -0.2) is 110 Å². The molecule has 15 heteroatoms. The quantitative estimate of drug-likeness (QED) is 0.168. The van der Waals surface area contributed by atoms with Crippen molar-refractivity contribution in [2.24, 2.45) is 5.92 Å². The highest BCUT2D eigenvalue weighted by molar-refractivity contribution is 6.12. The Kier molecular flexibility index (Phi) is 15.2. The molecule has 0 spiro atoms. The molecule has 1 unspecified atom stereocenters. The molecule has 1 heterocycles. The lowest BCUT2D eigenvalue weighted by Crippen LogP contribution is -2.51. The van der Waals surface area contributed by atoms with E-state index in [1.165, 1.54) is 29.1 Å². The van der Waals surface area contributed by atoms with Crippen molar-refractivity contribution in [1.82, 2.24) is 25.3 Å². The van der Waals surface area contributed by atoms with Gasteiger partial charge in [-0.05, 0) is 36.5 Å². The second kappa shape index (κ2) is 18.8. The lowest BCUT2D eigenvalue weighted by atomic mass is 10.0. The van der Waals surface area contributed by atoms with Crippen LogP contribution in [-0.2, 0) is 40.1 Å². The van der Waals surface area contributed by atoms with Crippen molar-refractivity contribution in [3.05, 3.63) is 42.0 Å². The van der Waals surface area contributed by atoms with Gasteiger partial charge in [0.1, 0.15) is 12.6 Å². The number of carbonyl (C=O) groups is 7. The largest absolute Gasteiger partial charge is 0.453 e. The Balaban J connectivity index is 1.69. The van der Waals surface area contributed by atoms with Gasteiger partial charge in [0.2, 0.25) is 17.7 Å². The molecular weight excluding hydrogens is 600 g/mol. The molecule has 0 radical (unpaired) electrons. The molecule has 7 amide bonds. The van der Waals surface area contributed by atoms with Gasteiger partial charge in [0.15, 0.2) is 0 Å². The first-order valence-corrected chi connectivity index (χ1v) is 15.0. The molecule has 2 rings (SSSR count). The molecule has 0 saturated heterocycles. The number of ether oxygens (including phenoxy) is 2. The molecule has 3 N–H and O–H groups in total. The highest BCUT2D eigenvalue weighted by Gasteiger charge is 2.25. The maximum atomic E-state index is 12.8. The Morgan fingerprint density at radius 3 is 2.04 bits per heavy atom. The topological polar surface area (TPSA) is 184 Å². The minimum atomic E-state index is -0.832. The number of nitrogens with zero attached hydrogens (tertiary/aromatic N) is 3. The van der Waals surface area contributed by atoms with Gasteiger partial charge in [-0.3, -0.25) is 28.9 Å². The number of imide groups is 1. The van der Waals surface area contributed by atoms with Crippen LogP contribution in [0, 0.1) is 5.92 Å². The lowest BCUT2D eigenvalue weighted by molar-refractivity contribution is -0.137. The van der Waals surface area contributed by atoms with Crippen molar-refractivity contribution in [1.29, 1.82) is 0 Å². The zero-order valence-electron chi connectivity index (χ0n) is 27.0. The first kappa shape index (κ1) is 37.2. The van der Waals surface area contributed by atoms with Crippen LogP contribution in [0.2, 0.25) is 0 Å². The van der Waals surface area contributed by atoms with Gasteiger partial charge in [0, 0.05) is 58.0 Å². The SMILES string of the molecule is COC(=O)N(C)CCN(C)C(=O)OCc1ccc(NC(=O)CNC(=O)C(NC(=O)CCCCCN2C(=O)C=CC2=O)C(C)C)cc1. The third kappa shape index (κ3) is 12.6. The Bertz CT molecular complexity index is 1260. The van der Waals surface area contributed by atoms with E-state index in [1.54, 1.807) is 52.2 Å². The standard InChI is InChI=1S/C31H44N6O9/c1-21(2)28(34-24(38)9-7-6-8-16-37-26(40)14-15-27(37)41)29(42)32-19-25(39)33-23-12-10-22(11-13-23)20-46-31(44)36(4)18-17-35(3)30(43)45-5/h10-15,21,28H,6-9,16-20H2,1-5H3,(H,32,42)(H,33,39)(H,34,38). The Hall–Kier alpha value is -4.95. The molecule has 1 aromatic carbocycles. The predicted molar refractivity (Wildman–Crippen MR) is 167 cm³/mol. The van der Waals surface area contributed by atoms with E-state index < -0.39 is 30.0 Å². The van der Waals surface area contributed by atoms with E-state index >= 15 is 0 Å². The Morgan fingerprint density at radius 1 is 0.848 bits per heavy atom. The van der Waals surface area contributed by atoms with Gasteiger partial charge in [-0.25, -0.2) is 9.59 Å². The lowest BCUT2D eigenvalue weighted by Gasteiger charge is -2.21. The maximum Gasteiger partial charge on any atom is 0.409 e. The average Bonchev–Trinajstić information content (AvgIpc) is 3.35. The number of hydrogen-bond donors (Lipinski definition) is 3. The minimum Gasteiger partial charge on any atom is -0.453 e. The first-order valence-electron chi connectivity index (χ1n) is 15.0. The number of carbonyl (C=O) groups excluding carboxylic acids is 7. The van der Waals surface area contributed by atoms with Gasteiger partial charge >= 0.3 is 12.2 Å². The summed E-state index contributed by atoms with van der Waals surface area (Å²) < 4.78 is 9.89. The normalized spacial score (nSPS) is 12.9. The van der Waals surface area contributed by atoms with Crippen LogP contribution in [0.4, 0.5) is 15.3 Å². The summed E-state index contributed by atoms with van der Waals surface area (Å²) in [7, 11) is 4.38. The van der Waals surface area contributed by atoms with Crippen LogP contribution in [0.3, 0.4) is 0 Å². The van der Waals surface area contributed by atoms with E-state index in [4.69, 9.17) is 4.74 Å². The van der Waals surface area contributed by atoms with Crippen LogP contribution in [0.1, 0.15) is 45.1 Å². The van der Waals surface area contributed by atoms with Gasteiger partial charge in [0.05, 0.1) is 13.7 Å². The number of methoxy groups -OCH3 is 1. The molecule has 0 fully saturated rings. The molecule has 1 aliphatic rings. The summed E-state index contributed by atoms with van der Waals surface area (Å²) in [6.45, 7) is 4.08. The number of rotatable bonds is 17. The summed E-state index contributed by atoms with van der Waals surface area (Å²) >= 11 is 0. The highest BCUT2D eigenvalue weighted by atomic mass is 16.6. The van der Waals surface area contributed by atoms with Gasteiger partial charge in [-0.2, -0.15) is 0 Å². The van der Waals surface area contributed by atoms with Gasteiger partial charge in [0.25, 0.3) is 11.8 Å². The third-order valence-electron chi connectivity index (χ3n) is 7.04. The number of benzene rings is 1. The third-order valence-corrected chi connectivity index (χ3v) is 7.04. The van der Waals surface area contributed by atoms with Crippen LogP contribution < -0.4 is 16.0 Å². The van der Waals surface area contributed by atoms with Crippen molar-refractivity contribution in [3.63, 3.8) is 0 Å². The van der Waals surface area contributed by atoms with E-state index in [9.17, 15) is 33.6 Å². The Morgan fingerprint density at radius 2 is 1.46 bits per heavy atom. The molecule has 1 aromatic rings. The van der Waals surface area contributed by atoms with Crippen molar-refractivity contribution in [2.75, 3.05) is 52.7 Å². The molecule has 0 aliphatic carbocycles. The molecule has 0 saturated carbocycles. The number of likely N-dealkylation sites (N-methyl/N-ethyl adjacent to an activating group) is 2. The zero-order valence-corrected chi connectivity index (χ0v) is 27.0. The summed E-state index contributed by atoms with van der Waals surface area (Å²) in [4.78, 5) is 88.3. The molecule has 0 aromatic heterocycles. The van der Waals surface area contributed by atoms with Crippen molar-refractivity contribution >= 4 is 47.4 Å². The smallest absolute Gasteiger partial charge is 0.409 e. The number of nitrogens with one attached hydrogen (secondary N) is 3. The fraction of sp³-hybridized carbons (Fsp3) is 0.516. The molecule has 0 bridgehead atoms. The Labute approximate surface area is 268 Å². The number of hydrogen-bond acceptors (Lipinski definition) is 9. The highest BCUT2D eigenvalue weighted by Crippen LogP contribution is 2.12. The molecule has 1 atom stereocenters. The fourth-order valence-electron chi connectivity index (χ4n) is 4.22. The van der Waals surface area contributed by atoms with Crippen LogP contribution in [0.5, 0.6) is 0 Å². The molecular formula is C31H44N6O9. The summed E-state index contributed by atoms with van der Waals surface area (Å²) in [5.41, 5.74) is 1.16. The van der Waals surface area contributed by atoms with E-state index in [0.29, 0.717) is 37.1 Å². The zero-order chi connectivity index (χ0) is 34.2. The number of unbranched alkanes of at least 4 members (excludes halogenated alkanes) is 2. The second-order valence-electron chi connectivity index (χ2n) is 11.1. The van der Waals surface area contributed by atoms with Crippen molar-refractivity contribution in [3.8, 4) is 0 Å². The van der Waals surface area contributed by atoms with Crippen LogP contribution >= 0.6 is 0 Å². The maximum absolute atomic E-state index is 12.8. The van der Waals surface area contributed by atoms with Crippen LogP contribution in [0.15, 0.2) is 36.4 Å². The van der Waals surface area contributed by atoms with E-state index in [1.807, 2.05) is 0 Å². The van der Waals surface area contributed by atoms with Crippen LogP contribution in [0.25, 0.3) is 0 Å². The fourth-order valence-corrected chi connectivity index (χ4v) is 4.22. The van der Waals surface area contributed by atoms with E-state index in [-0.39, 0.29) is 56.3 Å². The monoisotopic (exact) mass is 644 g/mol. The van der Waals surface area contributed by atoms with Gasteiger partial charge in [-0.15, -0.1) is 0 Å². The van der Waals surface area contributed by atoms with Gasteiger partial charge < -0.3 is 35.2 Å².